The van der Waals surface area contributed by atoms with Crippen LogP contribution in [0.25, 0.3) is 0 Å². The lowest BCUT2D eigenvalue weighted by Gasteiger charge is -2.30. The van der Waals surface area contributed by atoms with Crippen LogP contribution in [0.4, 0.5) is 0 Å². The van der Waals surface area contributed by atoms with Gasteiger partial charge in [0.1, 0.15) is 0 Å². The summed E-state index contributed by atoms with van der Waals surface area (Å²) in [5.41, 5.74) is 0.707. The largest absolute Gasteiger partial charge is 0.295 e. The molecule has 2 saturated carbocycles. The maximum absolute atomic E-state index is 11.8. The minimum atomic E-state index is 0.204. The van der Waals surface area contributed by atoms with Crippen molar-refractivity contribution in [2.75, 3.05) is 0 Å². The van der Waals surface area contributed by atoms with E-state index in [-0.39, 0.29) is 5.41 Å². The Hall–Kier alpha value is -0.590. The van der Waals surface area contributed by atoms with E-state index in [4.69, 9.17) is 0 Å². The lowest BCUT2D eigenvalue weighted by molar-refractivity contribution is -0.119. The molecule has 0 amide bonds. The van der Waals surface area contributed by atoms with Gasteiger partial charge in [0.2, 0.25) is 0 Å². The van der Waals surface area contributed by atoms with Crippen molar-refractivity contribution in [1.82, 2.24) is 0 Å². The highest BCUT2D eigenvalue weighted by Crippen LogP contribution is 2.64. The van der Waals surface area contributed by atoms with Crippen LogP contribution in [0.2, 0.25) is 0 Å². The first-order chi connectivity index (χ1) is 6.92. The fraction of sp³-hybridized carbons (Fsp3) is 0.786. The molecule has 0 spiro atoms. The van der Waals surface area contributed by atoms with Gasteiger partial charge in [-0.2, -0.15) is 0 Å². The van der Waals surface area contributed by atoms with E-state index in [0.717, 1.165) is 18.3 Å². The third-order valence-corrected chi connectivity index (χ3v) is 5.19. The molecule has 1 unspecified atom stereocenters. The van der Waals surface area contributed by atoms with Crippen LogP contribution in [0.3, 0.4) is 0 Å². The average molecular weight is 204 g/mol. The summed E-state index contributed by atoms with van der Waals surface area (Å²) in [5.74, 6) is 2.29. The first-order valence-corrected chi connectivity index (χ1v) is 6.15. The maximum Gasteiger partial charge on any atom is 0.159 e. The molecule has 0 aromatic rings. The van der Waals surface area contributed by atoms with E-state index >= 15 is 0 Å². The van der Waals surface area contributed by atoms with Crippen LogP contribution in [0, 0.1) is 28.6 Å². The van der Waals surface area contributed by atoms with Crippen LogP contribution < -0.4 is 0 Å². The summed E-state index contributed by atoms with van der Waals surface area (Å²) in [6, 6.07) is 0. The first kappa shape index (κ1) is 9.62. The van der Waals surface area contributed by atoms with Gasteiger partial charge in [-0.1, -0.05) is 26.8 Å². The Kier molecular flexibility index (Phi) is 1.64. The molecule has 0 bridgehead atoms. The molecule has 3 aliphatic carbocycles. The molecular formula is C14H20O. The van der Waals surface area contributed by atoms with Crippen LogP contribution in [-0.4, -0.2) is 5.78 Å². The van der Waals surface area contributed by atoms with E-state index in [1.54, 1.807) is 0 Å². The third-order valence-electron chi connectivity index (χ3n) is 5.19. The number of allylic oxidation sites excluding steroid dienone is 2. The monoisotopic (exact) mass is 204 g/mol. The molecule has 0 aromatic heterocycles. The predicted molar refractivity (Wildman–Crippen MR) is 60.4 cm³/mol. The molecule has 4 atom stereocenters. The fourth-order valence-electron chi connectivity index (χ4n) is 4.53. The lowest BCUT2D eigenvalue weighted by atomic mass is 9.73. The van der Waals surface area contributed by atoms with E-state index in [1.807, 2.05) is 6.08 Å². The summed E-state index contributed by atoms with van der Waals surface area (Å²) in [4.78, 5) is 11.8. The Balaban J connectivity index is 1.96. The second-order valence-corrected chi connectivity index (χ2v) is 6.83. The molecule has 0 heterocycles. The molecule has 2 fully saturated rings. The fourth-order valence-corrected chi connectivity index (χ4v) is 4.53. The summed E-state index contributed by atoms with van der Waals surface area (Å²) >= 11 is 0. The Morgan fingerprint density at radius 1 is 1.27 bits per heavy atom. The summed E-state index contributed by atoms with van der Waals surface area (Å²) in [6.07, 6.45) is 7.84. The van der Waals surface area contributed by atoms with Crippen LogP contribution in [0.5, 0.6) is 0 Å². The van der Waals surface area contributed by atoms with Gasteiger partial charge >= 0.3 is 0 Å². The maximum atomic E-state index is 11.8. The van der Waals surface area contributed by atoms with E-state index in [2.05, 4.69) is 26.8 Å². The number of hydrogen-bond donors (Lipinski definition) is 0. The van der Waals surface area contributed by atoms with Crippen molar-refractivity contribution < 1.29 is 4.79 Å². The average Bonchev–Trinajstić information content (AvgIpc) is 2.65. The summed E-state index contributed by atoms with van der Waals surface area (Å²) in [6.45, 7) is 7.07. The van der Waals surface area contributed by atoms with Crippen LogP contribution >= 0.6 is 0 Å². The zero-order valence-corrected chi connectivity index (χ0v) is 9.92. The van der Waals surface area contributed by atoms with Crippen molar-refractivity contribution in [3.8, 4) is 0 Å². The van der Waals surface area contributed by atoms with Gasteiger partial charge in [-0.15, -0.1) is 0 Å². The standard InChI is InChI=1S/C14H20O/c1-13(2)7-9-6-10-12(15)4-5-14(10,3)11(9)8-13/h4-5,9-11H,6-8H2,1-3H3/t9-,10?,11+,14+/m1/s1. The minimum Gasteiger partial charge on any atom is -0.295 e. The zero-order valence-electron chi connectivity index (χ0n) is 9.92. The van der Waals surface area contributed by atoms with Crippen molar-refractivity contribution in [2.24, 2.45) is 28.6 Å². The van der Waals surface area contributed by atoms with Crippen molar-refractivity contribution in [3.63, 3.8) is 0 Å². The van der Waals surface area contributed by atoms with Gasteiger partial charge in [-0.25, -0.2) is 0 Å². The Labute approximate surface area is 91.9 Å². The van der Waals surface area contributed by atoms with Gasteiger partial charge in [0.15, 0.2) is 5.78 Å². The smallest absolute Gasteiger partial charge is 0.159 e. The summed E-state index contributed by atoms with van der Waals surface area (Å²) in [7, 11) is 0. The Morgan fingerprint density at radius 2 is 2.00 bits per heavy atom. The van der Waals surface area contributed by atoms with Crippen molar-refractivity contribution in [1.29, 1.82) is 0 Å². The molecule has 82 valence electrons. The topological polar surface area (TPSA) is 17.1 Å². The number of ketones is 1. The molecule has 0 radical (unpaired) electrons. The lowest BCUT2D eigenvalue weighted by Crippen LogP contribution is -2.27. The molecule has 15 heavy (non-hydrogen) atoms. The number of fused-ring (bicyclic) bond motifs is 3. The molecule has 0 N–H and O–H groups in total. The number of carbonyl (C=O) groups excluding carboxylic acids is 1. The van der Waals surface area contributed by atoms with E-state index < -0.39 is 0 Å². The summed E-state index contributed by atoms with van der Waals surface area (Å²) < 4.78 is 0. The molecular weight excluding hydrogens is 184 g/mol. The van der Waals surface area contributed by atoms with E-state index in [1.165, 1.54) is 12.8 Å². The minimum absolute atomic E-state index is 0.204. The van der Waals surface area contributed by atoms with Crippen LogP contribution in [-0.2, 0) is 4.79 Å². The van der Waals surface area contributed by atoms with Gasteiger partial charge in [0.05, 0.1) is 0 Å². The van der Waals surface area contributed by atoms with Gasteiger partial charge in [0, 0.05) is 5.92 Å². The normalized spacial score (nSPS) is 50.9. The Bertz CT molecular complexity index is 352. The molecule has 3 aliphatic rings. The SMILES string of the molecule is CC1(C)C[C@H]2CC3C(=O)C=C[C@]3(C)[C@H]2C1. The second kappa shape index (κ2) is 2.56. The van der Waals surface area contributed by atoms with Gasteiger partial charge in [-0.05, 0) is 48.0 Å². The highest BCUT2D eigenvalue weighted by molar-refractivity contribution is 5.95. The number of carbonyl (C=O) groups is 1. The molecule has 1 heteroatoms. The molecule has 1 nitrogen and oxygen atoms in total. The number of hydrogen-bond acceptors (Lipinski definition) is 1. The highest BCUT2D eigenvalue weighted by atomic mass is 16.1. The highest BCUT2D eigenvalue weighted by Gasteiger charge is 2.59. The molecule has 0 aliphatic heterocycles. The first-order valence-electron chi connectivity index (χ1n) is 6.15. The molecule has 0 saturated heterocycles. The van der Waals surface area contributed by atoms with Crippen LogP contribution in [0.1, 0.15) is 40.0 Å². The molecule has 0 aromatic carbocycles. The Morgan fingerprint density at radius 3 is 2.73 bits per heavy atom. The number of rotatable bonds is 0. The zero-order chi connectivity index (χ0) is 10.8. The van der Waals surface area contributed by atoms with E-state index in [0.29, 0.717) is 17.1 Å². The quantitative estimate of drug-likeness (QED) is 0.592. The predicted octanol–water partition coefficient (Wildman–Crippen LogP) is 3.20. The van der Waals surface area contributed by atoms with Gasteiger partial charge < -0.3 is 0 Å². The van der Waals surface area contributed by atoms with E-state index in [9.17, 15) is 4.79 Å². The van der Waals surface area contributed by atoms with Crippen molar-refractivity contribution in [3.05, 3.63) is 12.2 Å². The second-order valence-electron chi connectivity index (χ2n) is 6.83. The van der Waals surface area contributed by atoms with Crippen molar-refractivity contribution in [2.45, 2.75) is 40.0 Å². The third kappa shape index (κ3) is 1.12. The van der Waals surface area contributed by atoms with Gasteiger partial charge in [0.25, 0.3) is 0 Å². The van der Waals surface area contributed by atoms with Gasteiger partial charge in [-0.3, -0.25) is 4.79 Å². The molecule has 3 rings (SSSR count). The summed E-state index contributed by atoms with van der Waals surface area (Å²) in [5, 5.41) is 0. The van der Waals surface area contributed by atoms with Crippen molar-refractivity contribution >= 4 is 5.78 Å². The van der Waals surface area contributed by atoms with Crippen LogP contribution in [0.15, 0.2) is 12.2 Å².